The van der Waals surface area contributed by atoms with Gasteiger partial charge in [-0.05, 0) is 0 Å². The Kier molecular flexibility index (Phi) is 6.04. The van der Waals surface area contributed by atoms with Crippen LogP contribution < -0.4 is 0 Å². The van der Waals surface area contributed by atoms with Crippen LogP contribution in [0.3, 0.4) is 0 Å². The van der Waals surface area contributed by atoms with E-state index in [0.29, 0.717) is 15.3 Å². The number of alkyl halides is 1. The molecule has 0 aliphatic carbocycles. The minimum Gasteiger partial charge on any atom is -0.407 e. The lowest BCUT2D eigenvalue weighted by Gasteiger charge is -2.04. The number of halogens is 1. The van der Waals surface area contributed by atoms with Gasteiger partial charge in [0, 0.05) is 5.50 Å². The Balaban J connectivity index is 3.30. The van der Waals surface area contributed by atoms with Gasteiger partial charge in [-0.3, -0.25) is 0 Å². The molecule has 0 heterocycles. The Morgan fingerprint density at radius 3 is 2.44 bits per heavy atom. The first-order valence-electron chi connectivity index (χ1n) is 2.54. The van der Waals surface area contributed by atoms with Crippen LogP contribution in [-0.4, -0.2) is 21.4 Å². The summed E-state index contributed by atoms with van der Waals surface area (Å²) in [5, 5.41) is 0. The third-order valence-electron chi connectivity index (χ3n) is 0.739. The van der Waals surface area contributed by atoms with E-state index in [1.807, 2.05) is 0 Å². The second kappa shape index (κ2) is 6.07. The van der Waals surface area contributed by atoms with E-state index in [1.54, 1.807) is 12.2 Å². The molecule has 0 rings (SSSR count). The first-order chi connectivity index (χ1) is 4.35. The molecule has 2 radical (unpaired) electrons. The molecule has 0 saturated heterocycles. The molecule has 0 atom stereocenters. The maximum Gasteiger partial charge on any atom is 0.247 e. The normalized spacial score (nSPS) is 9.56. The highest BCUT2D eigenvalue weighted by Gasteiger charge is 1.95. The van der Waals surface area contributed by atoms with Crippen molar-refractivity contribution in [1.82, 2.24) is 0 Å². The molecule has 0 bridgehead atoms. The van der Waals surface area contributed by atoms with Crippen LogP contribution in [0.1, 0.15) is 0 Å². The van der Waals surface area contributed by atoms with Crippen LogP contribution >= 0.6 is 11.6 Å². The Labute approximate surface area is 63.3 Å². The van der Waals surface area contributed by atoms with Crippen LogP contribution in [0.15, 0.2) is 25.3 Å². The zero-order chi connectivity index (χ0) is 7.11. The average molecular weight is 161 g/mol. The van der Waals surface area contributed by atoms with Gasteiger partial charge in [0.25, 0.3) is 0 Å². The third kappa shape index (κ3) is 4.45. The molecule has 0 N–H and O–H groups in total. The van der Waals surface area contributed by atoms with Crippen molar-refractivity contribution in [3.8, 4) is 0 Å². The molecule has 0 aromatic heterocycles. The van der Waals surface area contributed by atoms with E-state index >= 15 is 0 Å². The molecule has 0 unspecified atom stereocenters. The van der Waals surface area contributed by atoms with Gasteiger partial charge in [-0.1, -0.05) is 12.2 Å². The summed E-state index contributed by atoms with van der Waals surface area (Å²) in [5.41, 5.74) is 0.540. The van der Waals surface area contributed by atoms with Gasteiger partial charge in [-0.25, -0.2) is 0 Å². The molecule has 0 aromatic rings. The van der Waals surface area contributed by atoms with Crippen LogP contribution in [0, 0.1) is 0 Å². The molecule has 0 fully saturated rings. The topological polar surface area (TPSA) is 9.23 Å². The molecule has 9 heavy (non-hydrogen) atoms. The monoisotopic (exact) mass is 160 g/mol. The first-order valence-corrected chi connectivity index (χ1v) is 4.19. The van der Waals surface area contributed by atoms with E-state index < -0.39 is 0 Å². The van der Waals surface area contributed by atoms with Crippen molar-refractivity contribution < 1.29 is 4.43 Å². The van der Waals surface area contributed by atoms with Gasteiger partial charge in [-0.2, -0.15) is 0 Å². The molecule has 0 amide bonds. The van der Waals surface area contributed by atoms with E-state index in [1.165, 1.54) is 0 Å². The molecule has 0 aromatic carbocycles. The summed E-state index contributed by atoms with van der Waals surface area (Å²) in [6, 6.07) is 0. The average Bonchev–Trinajstić information content (AvgIpc) is 1.91. The third-order valence-corrected chi connectivity index (χ3v) is 1.61. The highest BCUT2D eigenvalue weighted by atomic mass is 35.5. The van der Waals surface area contributed by atoms with Crippen molar-refractivity contribution in [3.63, 3.8) is 0 Å². The summed E-state index contributed by atoms with van der Waals surface area (Å²) in [5.74, 6) is 0. The van der Waals surface area contributed by atoms with Crippen LogP contribution in [0.2, 0.25) is 0 Å². The van der Waals surface area contributed by atoms with Crippen LogP contribution in [0.25, 0.3) is 0 Å². The quantitative estimate of drug-likeness (QED) is 0.337. The molecular formula is C6H9ClOSi. The summed E-state index contributed by atoms with van der Waals surface area (Å²) in [6.45, 7) is 7.10. The fourth-order valence-corrected chi connectivity index (χ4v) is 0.957. The van der Waals surface area contributed by atoms with Gasteiger partial charge in [0.05, 0.1) is 6.10 Å². The van der Waals surface area contributed by atoms with Gasteiger partial charge < -0.3 is 4.43 Å². The molecule has 0 aliphatic heterocycles. The molecule has 0 aliphatic rings. The molecular weight excluding hydrogens is 152 g/mol. The Bertz CT molecular complexity index is 87.1. The summed E-state index contributed by atoms with van der Waals surface area (Å²) in [4.78, 5) is 0. The fraction of sp³-hybridized carbons (Fsp3) is 0.333. The fourth-order valence-electron chi connectivity index (χ4n) is 0.320. The summed E-state index contributed by atoms with van der Waals surface area (Å²) in [7, 11) is 0.332. The Morgan fingerprint density at radius 1 is 1.56 bits per heavy atom. The van der Waals surface area contributed by atoms with Gasteiger partial charge in [0.2, 0.25) is 9.76 Å². The van der Waals surface area contributed by atoms with E-state index in [0.717, 1.165) is 0 Å². The predicted molar refractivity (Wildman–Crippen MR) is 41.7 cm³/mol. The van der Waals surface area contributed by atoms with Crippen molar-refractivity contribution in [1.29, 1.82) is 0 Å². The largest absolute Gasteiger partial charge is 0.407 e. The Hall–Kier alpha value is -0.0531. The van der Waals surface area contributed by atoms with Crippen molar-refractivity contribution in [3.05, 3.63) is 25.3 Å². The SMILES string of the molecule is C=CC(C=C)O[Si]CCl. The highest BCUT2D eigenvalue weighted by Crippen LogP contribution is 1.92. The standard InChI is InChI=1S/C6H9ClOSi/c1-3-6(4-2)8-9-5-7/h3-4,6H,1-2,5H2. The van der Waals surface area contributed by atoms with Crippen molar-refractivity contribution >= 4 is 21.4 Å². The minimum absolute atomic E-state index is 0.0397. The van der Waals surface area contributed by atoms with Crippen LogP contribution in [0.4, 0.5) is 0 Å². The zero-order valence-corrected chi connectivity index (χ0v) is 6.90. The van der Waals surface area contributed by atoms with Crippen LogP contribution in [0.5, 0.6) is 0 Å². The molecule has 3 heteroatoms. The van der Waals surface area contributed by atoms with Crippen LogP contribution in [-0.2, 0) is 4.43 Å². The van der Waals surface area contributed by atoms with Gasteiger partial charge in [0.15, 0.2) is 0 Å². The number of hydrogen-bond acceptors (Lipinski definition) is 1. The summed E-state index contributed by atoms with van der Waals surface area (Å²) in [6.07, 6.45) is 3.33. The molecule has 50 valence electrons. The second-order valence-corrected chi connectivity index (χ2v) is 2.93. The van der Waals surface area contributed by atoms with Gasteiger partial charge >= 0.3 is 0 Å². The molecule has 0 saturated carbocycles. The molecule has 0 spiro atoms. The highest BCUT2D eigenvalue weighted by molar-refractivity contribution is 6.45. The summed E-state index contributed by atoms with van der Waals surface area (Å²) < 4.78 is 5.15. The lowest BCUT2D eigenvalue weighted by molar-refractivity contribution is 0.316. The number of rotatable bonds is 5. The second-order valence-electron chi connectivity index (χ2n) is 1.33. The smallest absolute Gasteiger partial charge is 0.247 e. The minimum atomic E-state index is -0.0397. The predicted octanol–water partition coefficient (Wildman–Crippen LogP) is 1.56. The maximum atomic E-state index is 5.38. The van der Waals surface area contributed by atoms with Gasteiger partial charge in [0.1, 0.15) is 0 Å². The van der Waals surface area contributed by atoms with Crippen molar-refractivity contribution in [2.75, 3.05) is 5.50 Å². The Morgan fingerprint density at radius 2 is 2.11 bits per heavy atom. The number of hydrogen-bond donors (Lipinski definition) is 0. The van der Waals surface area contributed by atoms with Gasteiger partial charge in [-0.15, -0.1) is 24.8 Å². The zero-order valence-electron chi connectivity index (χ0n) is 5.14. The molecule has 1 nitrogen and oxygen atoms in total. The van der Waals surface area contributed by atoms with E-state index in [-0.39, 0.29) is 6.10 Å². The van der Waals surface area contributed by atoms with Crippen molar-refractivity contribution in [2.45, 2.75) is 6.10 Å². The maximum absolute atomic E-state index is 5.38. The lowest BCUT2D eigenvalue weighted by atomic mass is 10.4. The van der Waals surface area contributed by atoms with E-state index in [9.17, 15) is 0 Å². The summed E-state index contributed by atoms with van der Waals surface area (Å²) >= 11 is 5.38. The lowest BCUT2D eigenvalue weighted by Crippen LogP contribution is -2.10. The van der Waals surface area contributed by atoms with E-state index in [4.69, 9.17) is 16.0 Å². The first kappa shape index (κ1) is 8.95. The van der Waals surface area contributed by atoms with Crippen molar-refractivity contribution in [2.24, 2.45) is 0 Å². The van der Waals surface area contributed by atoms with E-state index in [2.05, 4.69) is 13.2 Å².